The first-order chi connectivity index (χ1) is 11.6. The lowest BCUT2D eigenvalue weighted by molar-refractivity contribution is -0.120. The second-order valence-corrected chi connectivity index (χ2v) is 5.29. The first-order valence-corrected chi connectivity index (χ1v) is 7.42. The third kappa shape index (κ3) is 3.65. The van der Waals surface area contributed by atoms with Crippen molar-refractivity contribution in [2.45, 2.75) is 13.0 Å². The number of carbonyl (C=O) groups excluding carboxylic acids is 1. The van der Waals surface area contributed by atoms with E-state index >= 15 is 0 Å². The van der Waals surface area contributed by atoms with Crippen molar-refractivity contribution in [3.8, 4) is 5.69 Å². The number of rotatable bonds is 5. The fourth-order valence-corrected chi connectivity index (χ4v) is 2.35. The van der Waals surface area contributed by atoms with E-state index in [2.05, 4.69) is 10.4 Å². The third-order valence-electron chi connectivity index (χ3n) is 3.55. The Labute approximate surface area is 137 Å². The van der Waals surface area contributed by atoms with Crippen molar-refractivity contribution in [1.29, 1.82) is 0 Å². The minimum atomic E-state index is -0.978. The predicted molar refractivity (Wildman–Crippen MR) is 85.5 cm³/mol. The summed E-state index contributed by atoms with van der Waals surface area (Å²) in [6.45, 7) is 0.297. The fraction of sp³-hybridized carbons (Fsp3) is 0.111. The Morgan fingerprint density at radius 1 is 1.12 bits per heavy atom. The lowest BCUT2D eigenvalue weighted by Crippen LogP contribution is -2.25. The highest BCUT2D eigenvalue weighted by Crippen LogP contribution is 2.12. The number of hydrogen-bond donors (Lipinski definition) is 1. The normalized spacial score (nSPS) is 10.6. The Hall–Kier alpha value is -3.02. The molecule has 122 valence electrons. The molecule has 1 N–H and O–H groups in total. The van der Waals surface area contributed by atoms with Crippen molar-refractivity contribution in [3.63, 3.8) is 0 Å². The van der Waals surface area contributed by atoms with Crippen LogP contribution in [0.5, 0.6) is 0 Å². The van der Waals surface area contributed by atoms with Gasteiger partial charge >= 0.3 is 0 Å². The van der Waals surface area contributed by atoms with Crippen molar-refractivity contribution < 1.29 is 13.6 Å². The zero-order valence-electron chi connectivity index (χ0n) is 12.7. The first-order valence-electron chi connectivity index (χ1n) is 7.42. The molecule has 0 aliphatic heterocycles. The Kier molecular flexibility index (Phi) is 4.65. The summed E-state index contributed by atoms with van der Waals surface area (Å²) in [5.74, 6) is -2.30. The summed E-state index contributed by atoms with van der Waals surface area (Å²) in [5, 5.41) is 6.86. The molecule has 0 unspecified atom stereocenters. The van der Waals surface area contributed by atoms with Crippen LogP contribution in [0.4, 0.5) is 8.78 Å². The minimum Gasteiger partial charge on any atom is -0.352 e. The summed E-state index contributed by atoms with van der Waals surface area (Å²) in [5.41, 5.74) is 1.80. The molecule has 1 aromatic heterocycles. The van der Waals surface area contributed by atoms with Crippen LogP contribution in [0, 0.1) is 11.6 Å². The van der Waals surface area contributed by atoms with Gasteiger partial charge in [-0.3, -0.25) is 4.79 Å². The van der Waals surface area contributed by atoms with Crippen molar-refractivity contribution in [2.75, 3.05) is 0 Å². The van der Waals surface area contributed by atoms with Gasteiger partial charge in [0.15, 0.2) is 11.6 Å². The highest BCUT2D eigenvalue weighted by Gasteiger charge is 2.11. The summed E-state index contributed by atoms with van der Waals surface area (Å²) in [7, 11) is 0. The van der Waals surface area contributed by atoms with Crippen LogP contribution in [0.1, 0.15) is 11.1 Å². The van der Waals surface area contributed by atoms with Gasteiger partial charge in [0.2, 0.25) is 5.91 Å². The molecule has 0 atom stereocenters. The molecule has 0 aliphatic rings. The molecule has 0 fully saturated rings. The fourth-order valence-electron chi connectivity index (χ4n) is 2.35. The second kappa shape index (κ2) is 7.04. The number of benzene rings is 2. The number of amides is 1. The van der Waals surface area contributed by atoms with Gasteiger partial charge in [-0.2, -0.15) is 5.10 Å². The van der Waals surface area contributed by atoms with E-state index in [0.29, 0.717) is 6.54 Å². The molecule has 3 aromatic rings. The zero-order valence-corrected chi connectivity index (χ0v) is 12.7. The molecule has 4 nitrogen and oxygen atoms in total. The van der Waals surface area contributed by atoms with E-state index in [1.807, 2.05) is 36.5 Å². The maximum atomic E-state index is 13.6. The molecule has 3 rings (SSSR count). The maximum Gasteiger partial charge on any atom is 0.224 e. The predicted octanol–water partition coefficient (Wildman–Crippen LogP) is 3.01. The van der Waals surface area contributed by atoms with E-state index in [1.54, 1.807) is 10.9 Å². The van der Waals surface area contributed by atoms with E-state index in [-0.39, 0.29) is 17.9 Å². The number of halogens is 2. The molecular weight excluding hydrogens is 312 g/mol. The highest BCUT2D eigenvalue weighted by molar-refractivity contribution is 5.78. The molecule has 0 saturated carbocycles. The summed E-state index contributed by atoms with van der Waals surface area (Å²) in [6.07, 6.45) is 3.30. The Bertz CT molecular complexity index is 847. The van der Waals surface area contributed by atoms with Gasteiger partial charge in [-0.15, -0.1) is 0 Å². The molecule has 0 saturated heterocycles. The summed E-state index contributed by atoms with van der Waals surface area (Å²) in [6, 6.07) is 13.2. The molecule has 1 amide bonds. The molecule has 0 aliphatic carbocycles. The Balaban J connectivity index is 1.62. The van der Waals surface area contributed by atoms with Crippen LogP contribution in [0.2, 0.25) is 0 Å². The number of aromatic nitrogens is 2. The van der Waals surface area contributed by atoms with Crippen LogP contribution in [0.15, 0.2) is 60.9 Å². The first kappa shape index (κ1) is 15.9. The Morgan fingerprint density at radius 3 is 2.75 bits per heavy atom. The largest absolute Gasteiger partial charge is 0.352 e. The SMILES string of the molecule is O=C(Cc1cccc(F)c1F)NCc1cccc(-n2cccn2)c1. The molecule has 1 heterocycles. The number of nitrogens with zero attached hydrogens (tertiary/aromatic N) is 2. The van der Waals surface area contributed by atoms with Gasteiger partial charge in [-0.05, 0) is 29.8 Å². The molecule has 0 spiro atoms. The van der Waals surface area contributed by atoms with Crippen molar-refractivity contribution in [3.05, 3.63) is 83.7 Å². The number of nitrogens with one attached hydrogen (secondary N) is 1. The molecule has 0 radical (unpaired) electrons. The van der Waals surface area contributed by atoms with Crippen molar-refractivity contribution in [2.24, 2.45) is 0 Å². The summed E-state index contributed by atoms with van der Waals surface area (Å²) < 4.78 is 28.4. The third-order valence-corrected chi connectivity index (χ3v) is 3.55. The second-order valence-electron chi connectivity index (χ2n) is 5.29. The van der Waals surface area contributed by atoms with Gasteiger partial charge in [-0.25, -0.2) is 13.5 Å². The molecular formula is C18H15F2N3O. The topological polar surface area (TPSA) is 46.9 Å². The van der Waals surface area contributed by atoms with Crippen molar-refractivity contribution in [1.82, 2.24) is 15.1 Å². The van der Waals surface area contributed by atoms with Gasteiger partial charge in [0.1, 0.15) is 0 Å². The van der Waals surface area contributed by atoms with Gasteiger partial charge < -0.3 is 5.32 Å². The summed E-state index contributed by atoms with van der Waals surface area (Å²) >= 11 is 0. The highest BCUT2D eigenvalue weighted by atomic mass is 19.2. The van der Waals surface area contributed by atoms with Gasteiger partial charge in [-0.1, -0.05) is 24.3 Å². The molecule has 6 heteroatoms. The molecule has 24 heavy (non-hydrogen) atoms. The van der Waals surface area contributed by atoms with Gasteiger partial charge in [0.05, 0.1) is 12.1 Å². The minimum absolute atomic E-state index is 0.0396. The van der Waals surface area contributed by atoms with E-state index in [1.165, 1.54) is 12.1 Å². The maximum absolute atomic E-state index is 13.6. The zero-order chi connectivity index (χ0) is 16.9. The molecule has 2 aromatic carbocycles. The van der Waals surface area contributed by atoms with E-state index in [0.717, 1.165) is 17.3 Å². The molecule has 0 bridgehead atoms. The Morgan fingerprint density at radius 2 is 1.96 bits per heavy atom. The van der Waals surface area contributed by atoms with Crippen LogP contribution in [-0.2, 0) is 17.8 Å². The van der Waals surface area contributed by atoms with Crippen LogP contribution in [0.3, 0.4) is 0 Å². The van der Waals surface area contributed by atoms with E-state index in [4.69, 9.17) is 0 Å². The van der Waals surface area contributed by atoms with E-state index in [9.17, 15) is 13.6 Å². The number of hydrogen-bond acceptors (Lipinski definition) is 2. The summed E-state index contributed by atoms with van der Waals surface area (Å²) in [4.78, 5) is 11.9. The van der Waals surface area contributed by atoms with Crippen LogP contribution in [-0.4, -0.2) is 15.7 Å². The quantitative estimate of drug-likeness (QED) is 0.783. The lowest BCUT2D eigenvalue weighted by atomic mass is 10.1. The van der Waals surface area contributed by atoms with Crippen LogP contribution < -0.4 is 5.32 Å². The average molecular weight is 327 g/mol. The average Bonchev–Trinajstić information content (AvgIpc) is 3.12. The monoisotopic (exact) mass is 327 g/mol. The van der Waals surface area contributed by atoms with Crippen LogP contribution in [0.25, 0.3) is 5.69 Å². The number of carbonyl (C=O) groups is 1. The van der Waals surface area contributed by atoms with E-state index < -0.39 is 11.6 Å². The van der Waals surface area contributed by atoms with Crippen molar-refractivity contribution >= 4 is 5.91 Å². The van der Waals surface area contributed by atoms with Gasteiger partial charge in [0.25, 0.3) is 0 Å². The van der Waals surface area contributed by atoms with Crippen LogP contribution >= 0.6 is 0 Å². The standard InChI is InChI=1S/C18H15F2N3O/c19-16-7-2-5-14(18(16)20)11-17(24)21-12-13-4-1-6-15(10-13)23-9-3-8-22-23/h1-10H,11-12H2,(H,21,24). The smallest absolute Gasteiger partial charge is 0.224 e. The lowest BCUT2D eigenvalue weighted by Gasteiger charge is -2.08. The van der Waals surface area contributed by atoms with Gasteiger partial charge in [0, 0.05) is 24.5 Å².